The fraction of sp³-hybridized carbons (Fsp3) is 0. The molecule has 0 aliphatic rings. The third-order valence-corrected chi connectivity index (χ3v) is 0.916. The van der Waals surface area contributed by atoms with Gasteiger partial charge in [-0.1, -0.05) is 6.58 Å². The number of rotatable bonds is 2. The Kier molecular flexibility index (Phi) is 1.53. The maximum Gasteiger partial charge on any atom is 0.357 e. The van der Waals surface area contributed by atoms with Crippen LogP contribution in [0.4, 0.5) is 0 Å². The summed E-state index contributed by atoms with van der Waals surface area (Å²) in [5.41, 5.74) is -0.102. The molecule has 0 fully saturated rings. The molecule has 0 saturated heterocycles. The molecule has 1 N–H and O–H groups in total. The Morgan fingerprint density at radius 2 is 2.60 bits per heavy atom. The number of aromatic carboxylic acids is 1. The van der Waals surface area contributed by atoms with E-state index in [1.165, 1.54) is 6.08 Å². The summed E-state index contributed by atoms with van der Waals surface area (Å²) in [4.78, 5) is 13.7. The molecular formula is C6H5NO3. The predicted octanol–water partition coefficient (Wildman–Crippen LogP) is 1.02. The van der Waals surface area contributed by atoms with E-state index in [-0.39, 0.29) is 11.6 Å². The Hall–Kier alpha value is -1.58. The number of aromatic nitrogens is 1. The van der Waals surface area contributed by atoms with Crippen molar-refractivity contribution in [1.82, 2.24) is 4.98 Å². The lowest BCUT2D eigenvalue weighted by molar-refractivity contribution is 0.0690. The fourth-order valence-corrected chi connectivity index (χ4v) is 0.480. The fourth-order valence-electron chi connectivity index (χ4n) is 0.480. The highest BCUT2D eigenvalue weighted by molar-refractivity contribution is 5.84. The van der Waals surface area contributed by atoms with Crippen molar-refractivity contribution in [2.24, 2.45) is 0 Å². The van der Waals surface area contributed by atoms with Crippen LogP contribution in [-0.2, 0) is 0 Å². The van der Waals surface area contributed by atoms with Gasteiger partial charge in [-0.3, -0.25) is 0 Å². The van der Waals surface area contributed by atoms with E-state index in [2.05, 4.69) is 16.0 Å². The highest BCUT2D eigenvalue weighted by Crippen LogP contribution is 2.01. The van der Waals surface area contributed by atoms with Gasteiger partial charge in [0.1, 0.15) is 6.26 Å². The number of hydrogen-bond donors (Lipinski definition) is 1. The van der Waals surface area contributed by atoms with E-state index in [0.29, 0.717) is 0 Å². The largest absolute Gasteiger partial charge is 0.476 e. The SMILES string of the molecule is C=Cc1nc(C(=O)O)co1. The number of hydrogen-bond acceptors (Lipinski definition) is 3. The molecule has 0 saturated carbocycles. The second-order valence-electron chi connectivity index (χ2n) is 1.58. The molecule has 52 valence electrons. The second-order valence-corrected chi connectivity index (χ2v) is 1.58. The standard InChI is InChI=1S/C6H5NO3/c1-2-5-7-4(3-10-5)6(8)9/h2-3H,1H2,(H,8,9). The quantitative estimate of drug-likeness (QED) is 0.664. The number of carboxylic acid groups (broad SMARTS) is 1. The lowest BCUT2D eigenvalue weighted by Gasteiger charge is -1.77. The van der Waals surface area contributed by atoms with Crippen molar-refractivity contribution in [3.63, 3.8) is 0 Å². The first-order chi connectivity index (χ1) is 4.74. The smallest absolute Gasteiger partial charge is 0.357 e. The third kappa shape index (κ3) is 1.05. The first kappa shape index (κ1) is 6.54. The number of carbonyl (C=O) groups is 1. The van der Waals surface area contributed by atoms with Gasteiger partial charge in [-0.2, -0.15) is 0 Å². The van der Waals surface area contributed by atoms with Crippen molar-refractivity contribution in [3.8, 4) is 0 Å². The van der Waals surface area contributed by atoms with E-state index >= 15 is 0 Å². The van der Waals surface area contributed by atoms with Crippen LogP contribution < -0.4 is 0 Å². The number of nitrogens with zero attached hydrogens (tertiary/aromatic N) is 1. The first-order valence-corrected chi connectivity index (χ1v) is 2.55. The molecule has 4 nitrogen and oxygen atoms in total. The molecule has 4 heteroatoms. The minimum Gasteiger partial charge on any atom is -0.476 e. The van der Waals surface area contributed by atoms with Crippen LogP contribution >= 0.6 is 0 Å². The molecule has 0 unspecified atom stereocenters. The van der Waals surface area contributed by atoms with Crippen molar-refractivity contribution in [3.05, 3.63) is 24.4 Å². The van der Waals surface area contributed by atoms with E-state index < -0.39 is 5.97 Å². The predicted molar refractivity (Wildman–Crippen MR) is 33.6 cm³/mol. The third-order valence-electron chi connectivity index (χ3n) is 0.916. The lowest BCUT2D eigenvalue weighted by Crippen LogP contribution is -1.95. The molecule has 0 radical (unpaired) electrons. The summed E-state index contributed by atoms with van der Waals surface area (Å²) in [6, 6.07) is 0. The maximum absolute atomic E-state index is 10.2. The average molecular weight is 139 g/mol. The molecule has 1 rings (SSSR count). The topological polar surface area (TPSA) is 63.3 Å². The van der Waals surface area contributed by atoms with E-state index in [4.69, 9.17) is 5.11 Å². The molecule has 0 amide bonds. The van der Waals surface area contributed by atoms with Gasteiger partial charge in [0.2, 0.25) is 5.89 Å². The first-order valence-electron chi connectivity index (χ1n) is 2.55. The van der Waals surface area contributed by atoms with E-state index in [1.54, 1.807) is 0 Å². The molecule has 1 aromatic heterocycles. The van der Waals surface area contributed by atoms with Crippen molar-refractivity contribution >= 4 is 12.0 Å². The Balaban J connectivity index is 2.98. The summed E-state index contributed by atoms with van der Waals surface area (Å²) in [5, 5.41) is 8.34. The number of oxazole rings is 1. The van der Waals surface area contributed by atoms with Crippen LogP contribution in [0.5, 0.6) is 0 Å². The Labute approximate surface area is 56.8 Å². The molecular weight excluding hydrogens is 134 g/mol. The van der Waals surface area contributed by atoms with Crippen LogP contribution in [0.3, 0.4) is 0 Å². The summed E-state index contributed by atoms with van der Waals surface area (Å²) in [6.45, 7) is 3.35. The van der Waals surface area contributed by atoms with Gasteiger partial charge in [-0.25, -0.2) is 9.78 Å². The summed E-state index contributed by atoms with van der Waals surface area (Å²) >= 11 is 0. The van der Waals surface area contributed by atoms with Gasteiger partial charge < -0.3 is 9.52 Å². The highest BCUT2D eigenvalue weighted by Gasteiger charge is 2.06. The van der Waals surface area contributed by atoms with Gasteiger partial charge in [0.05, 0.1) is 0 Å². The van der Waals surface area contributed by atoms with Crippen LogP contribution in [0.1, 0.15) is 16.4 Å². The van der Waals surface area contributed by atoms with E-state index in [9.17, 15) is 4.79 Å². The van der Waals surface area contributed by atoms with Crippen LogP contribution in [0, 0.1) is 0 Å². The van der Waals surface area contributed by atoms with Gasteiger partial charge in [0.15, 0.2) is 5.69 Å². The minimum atomic E-state index is -1.10. The van der Waals surface area contributed by atoms with E-state index in [0.717, 1.165) is 6.26 Å². The molecule has 10 heavy (non-hydrogen) atoms. The summed E-state index contributed by atoms with van der Waals surface area (Å²) < 4.78 is 4.67. The Morgan fingerprint density at radius 3 is 2.90 bits per heavy atom. The van der Waals surface area contributed by atoms with E-state index in [1.807, 2.05) is 0 Å². The molecule has 0 aliphatic heterocycles. The van der Waals surface area contributed by atoms with Gasteiger partial charge in [0.25, 0.3) is 0 Å². The lowest BCUT2D eigenvalue weighted by atomic mass is 10.5. The van der Waals surface area contributed by atoms with Crippen molar-refractivity contribution in [2.75, 3.05) is 0 Å². The second kappa shape index (κ2) is 2.34. The number of carboxylic acids is 1. The van der Waals surface area contributed by atoms with Crippen LogP contribution in [-0.4, -0.2) is 16.1 Å². The Bertz CT molecular complexity index is 264. The van der Waals surface area contributed by atoms with Gasteiger partial charge in [-0.05, 0) is 6.08 Å². The molecule has 0 spiro atoms. The van der Waals surface area contributed by atoms with Crippen molar-refractivity contribution in [1.29, 1.82) is 0 Å². The zero-order chi connectivity index (χ0) is 7.56. The molecule has 1 heterocycles. The van der Waals surface area contributed by atoms with Crippen LogP contribution in [0.15, 0.2) is 17.3 Å². The Morgan fingerprint density at radius 1 is 1.90 bits per heavy atom. The van der Waals surface area contributed by atoms with Crippen LogP contribution in [0.2, 0.25) is 0 Å². The van der Waals surface area contributed by atoms with Gasteiger partial charge in [0, 0.05) is 0 Å². The molecule has 0 aliphatic carbocycles. The summed E-state index contributed by atoms with van der Waals surface area (Å²) in [7, 11) is 0. The maximum atomic E-state index is 10.2. The summed E-state index contributed by atoms with van der Waals surface area (Å²) in [6.07, 6.45) is 2.41. The molecule has 0 atom stereocenters. The minimum absolute atomic E-state index is 0.102. The monoisotopic (exact) mass is 139 g/mol. The van der Waals surface area contributed by atoms with Crippen LogP contribution in [0.25, 0.3) is 6.08 Å². The van der Waals surface area contributed by atoms with Gasteiger partial charge in [-0.15, -0.1) is 0 Å². The van der Waals surface area contributed by atoms with Crippen molar-refractivity contribution < 1.29 is 14.3 Å². The van der Waals surface area contributed by atoms with Crippen molar-refractivity contribution in [2.45, 2.75) is 0 Å². The zero-order valence-electron chi connectivity index (χ0n) is 5.07. The highest BCUT2D eigenvalue weighted by atomic mass is 16.4. The molecule has 0 aromatic carbocycles. The molecule has 1 aromatic rings. The zero-order valence-corrected chi connectivity index (χ0v) is 5.07. The average Bonchev–Trinajstić information content (AvgIpc) is 2.34. The normalized spacial score (nSPS) is 9.20. The summed E-state index contributed by atoms with van der Waals surface area (Å²) in [5.74, 6) is -0.880. The van der Waals surface area contributed by atoms with Gasteiger partial charge >= 0.3 is 5.97 Å². The molecule has 0 bridgehead atoms.